The Morgan fingerprint density at radius 3 is 2.24 bits per heavy atom. The van der Waals surface area contributed by atoms with Crippen LogP contribution >= 0.6 is 0 Å². The molecule has 1 radical (unpaired) electrons. The fraction of sp³-hybridized carbons (Fsp3) is 0.459. The predicted octanol–water partition coefficient (Wildman–Crippen LogP) is 10.2. The third-order valence-electron chi connectivity index (χ3n) is 8.71. The van der Waals surface area contributed by atoms with Crippen molar-refractivity contribution in [2.45, 2.75) is 92.9 Å². The molecule has 0 bridgehead atoms. The Bertz CT molecular complexity index is 1550. The van der Waals surface area contributed by atoms with Gasteiger partial charge in [-0.15, -0.1) is 17.7 Å². The molecule has 0 atom stereocenters. The van der Waals surface area contributed by atoms with Crippen LogP contribution in [0.2, 0.25) is 0 Å². The normalized spacial score (nSPS) is 13.7. The Hall–Kier alpha value is -2.75. The second-order valence-corrected chi connectivity index (χ2v) is 12.3. The van der Waals surface area contributed by atoms with Crippen molar-refractivity contribution in [3.63, 3.8) is 0 Å². The van der Waals surface area contributed by atoms with Crippen molar-refractivity contribution >= 4 is 27.7 Å². The number of hydrogen-bond donors (Lipinski definition) is 1. The number of pyridine rings is 1. The van der Waals surface area contributed by atoms with Crippen molar-refractivity contribution in [2.24, 2.45) is 17.8 Å². The number of fused-ring (bicyclic) bond motifs is 2. The van der Waals surface area contributed by atoms with Crippen LogP contribution in [0.5, 0.6) is 0 Å². The van der Waals surface area contributed by atoms with Gasteiger partial charge < -0.3 is 14.5 Å². The van der Waals surface area contributed by atoms with E-state index in [0.29, 0.717) is 5.92 Å². The number of carbonyl (C=O) groups is 1. The number of hydrogen-bond acceptors (Lipinski definition) is 4. The molecule has 5 heteroatoms. The third-order valence-corrected chi connectivity index (χ3v) is 8.71. The minimum Gasteiger partial charge on any atom is -0.512 e. The largest absolute Gasteiger partial charge is 0.512 e. The third kappa shape index (κ3) is 6.58. The molecule has 0 aliphatic heterocycles. The second kappa shape index (κ2) is 14.1. The van der Waals surface area contributed by atoms with Crippen LogP contribution in [-0.2, 0) is 36.7 Å². The smallest absolute Gasteiger partial charge is 0.162 e. The van der Waals surface area contributed by atoms with E-state index in [1.54, 1.807) is 0 Å². The van der Waals surface area contributed by atoms with E-state index in [9.17, 15) is 9.90 Å². The van der Waals surface area contributed by atoms with Crippen LogP contribution in [-0.4, -0.2) is 15.9 Å². The molecule has 0 unspecified atom stereocenters. The van der Waals surface area contributed by atoms with Gasteiger partial charge in [-0.1, -0.05) is 90.6 Å². The van der Waals surface area contributed by atoms with Gasteiger partial charge in [0.25, 0.3) is 0 Å². The van der Waals surface area contributed by atoms with Crippen LogP contribution in [0.15, 0.2) is 58.8 Å². The fourth-order valence-electron chi connectivity index (χ4n) is 6.20. The van der Waals surface area contributed by atoms with Crippen molar-refractivity contribution in [3.05, 3.63) is 77.2 Å². The summed E-state index contributed by atoms with van der Waals surface area (Å²) in [6.45, 7) is 17.2. The van der Waals surface area contributed by atoms with Gasteiger partial charge in [-0.05, 0) is 66.3 Å². The molecule has 227 valence electrons. The summed E-state index contributed by atoms with van der Waals surface area (Å²) in [6, 6.07) is 16.2. The molecule has 2 heterocycles. The first-order valence-corrected chi connectivity index (χ1v) is 15.4. The van der Waals surface area contributed by atoms with Gasteiger partial charge in [0.2, 0.25) is 0 Å². The number of nitrogens with zero attached hydrogens (tertiary/aromatic N) is 1. The first kappa shape index (κ1) is 33.7. The van der Waals surface area contributed by atoms with Crippen LogP contribution in [0.1, 0.15) is 97.8 Å². The molecule has 0 fully saturated rings. The molecule has 0 spiro atoms. The number of carbonyl (C=O) groups excluding carboxylic acids is 1. The number of furan rings is 1. The molecule has 42 heavy (non-hydrogen) atoms. The number of aromatic nitrogens is 1. The van der Waals surface area contributed by atoms with Gasteiger partial charge in [0.05, 0.1) is 11.3 Å². The average molecular weight is 745 g/mol. The zero-order chi connectivity index (χ0) is 29.9. The maximum atomic E-state index is 11.7. The molecule has 5 rings (SSSR count). The summed E-state index contributed by atoms with van der Waals surface area (Å²) in [5.74, 6) is 1.16. The summed E-state index contributed by atoms with van der Waals surface area (Å²) in [5, 5.41) is 12.1. The molecule has 0 amide bonds. The molecule has 1 aliphatic rings. The van der Waals surface area contributed by atoms with Crippen molar-refractivity contribution in [1.29, 1.82) is 0 Å². The van der Waals surface area contributed by atoms with Crippen LogP contribution in [0.25, 0.3) is 33.2 Å². The maximum Gasteiger partial charge on any atom is 0.162 e. The van der Waals surface area contributed by atoms with E-state index in [2.05, 4.69) is 58.0 Å². The first-order chi connectivity index (χ1) is 19.6. The van der Waals surface area contributed by atoms with E-state index in [4.69, 9.17) is 9.40 Å². The summed E-state index contributed by atoms with van der Waals surface area (Å²) < 4.78 is 6.15. The Morgan fingerprint density at radius 1 is 0.976 bits per heavy atom. The van der Waals surface area contributed by atoms with E-state index < -0.39 is 0 Å². The van der Waals surface area contributed by atoms with E-state index in [0.717, 1.165) is 59.9 Å². The summed E-state index contributed by atoms with van der Waals surface area (Å²) in [4.78, 5) is 16.6. The van der Waals surface area contributed by atoms with Crippen LogP contribution < -0.4 is 0 Å². The van der Waals surface area contributed by atoms with E-state index in [1.165, 1.54) is 28.2 Å². The van der Waals surface area contributed by atoms with Crippen molar-refractivity contribution in [1.82, 2.24) is 4.98 Å². The van der Waals surface area contributed by atoms with Crippen LogP contribution in [0.4, 0.5) is 0 Å². The predicted molar refractivity (Wildman–Crippen MR) is 170 cm³/mol. The van der Waals surface area contributed by atoms with Crippen LogP contribution in [0, 0.1) is 23.8 Å². The van der Waals surface area contributed by atoms with Gasteiger partial charge in [0.1, 0.15) is 5.58 Å². The fourth-order valence-corrected chi connectivity index (χ4v) is 6.20. The van der Waals surface area contributed by atoms with Gasteiger partial charge in [-0.2, -0.15) is 0 Å². The van der Waals surface area contributed by atoms with Gasteiger partial charge in [0.15, 0.2) is 5.78 Å². The van der Waals surface area contributed by atoms with Crippen molar-refractivity contribution in [3.8, 4) is 11.3 Å². The molecule has 1 aliphatic carbocycles. The molecular weight excluding hydrogens is 699 g/mol. The monoisotopic (exact) mass is 745 g/mol. The Labute approximate surface area is 265 Å². The molecule has 2 aromatic carbocycles. The number of rotatable bonds is 9. The van der Waals surface area contributed by atoms with Gasteiger partial charge in [0, 0.05) is 49.6 Å². The van der Waals surface area contributed by atoms with E-state index in [-0.39, 0.29) is 48.9 Å². The van der Waals surface area contributed by atoms with Crippen LogP contribution in [0.3, 0.4) is 0 Å². The Morgan fingerprint density at radius 2 is 1.62 bits per heavy atom. The average Bonchev–Trinajstić information content (AvgIpc) is 3.30. The van der Waals surface area contributed by atoms with Gasteiger partial charge in [-0.3, -0.25) is 4.79 Å². The topological polar surface area (TPSA) is 63.3 Å². The number of allylic oxidation sites excluding steroid dienone is 2. The van der Waals surface area contributed by atoms with E-state index in [1.807, 2.05) is 46.0 Å². The summed E-state index contributed by atoms with van der Waals surface area (Å²) in [5.41, 5.74) is 7.69. The molecule has 4 nitrogen and oxygen atoms in total. The van der Waals surface area contributed by atoms with E-state index >= 15 is 0 Å². The quantitative estimate of drug-likeness (QED) is 0.105. The number of aliphatic hydroxyl groups is 1. The summed E-state index contributed by atoms with van der Waals surface area (Å²) >= 11 is 0. The molecule has 2 aromatic heterocycles. The standard InChI is InChI=1S/C24H22NO.C13H24O2.Ir/c1-14(2)11-15-12-18-23(25-13-15)16-7-5-9-19-21(16)22-17(24(18,3)4)8-6-10-20(22)26-19;1-5-10(6-2)12(14)9-13(15)11(7-3)8-4;/h5-6,8-10,12-14H,11H2,1-4H3;9-11,14H,5-8H2,1-4H3;/q-1;;/b;12-9-;. The minimum atomic E-state index is -0.154. The Kier molecular flexibility index (Phi) is 11.4. The van der Waals surface area contributed by atoms with Crippen molar-refractivity contribution in [2.75, 3.05) is 0 Å². The maximum absolute atomic E-state index is 11.7. The molecule has 1 N–H and O–H groups in total. The second-order valence-electron chi connectivity index (χ2n) is 12.3. The SMILES string of the molecule is CC(C)Cc1cnc2c(c1)C(C)(C)c1cccc3oc4cc[c-]c-2c4c13.CCC(CC)C(=O)/C=C(\O)C(CC)CC.[Ir]. The molecule has 0 saturated heterocycles. The van der Waals surface area contributed by atoms with Crippen molar-refractivity contribution < 1.29 is 34.4 Å². The molecule has 0 saturated carbocycles. The summed E-state index contributed by atoms with van der Waals surface area (Å²) in [6.07, 6.45) is 7.99. The number of benzene rings is 2. The van der Waals surface area contributed by atoms with Gasteiger partial charge in [-0.25, -0.2) is 0 Å². The molecular formula is C37H46IrNO3-. The summed E-state index contributed by atoms with van der Waals surface area (Å²) in [7, 11) is 0. The zero-order valence-electron chi connectivity index (χ0n) is 26.4. The zero-order valence-corrected chi connectivity index (χ0v) is 28.8. The first-order valence-electron chi connectivity index (χ1n) is 15.4. The van der Waals surface area contributed by atoms with Gasteiger partial charge >= 0.3 is 0 Å². The number of ketones is 1. The number of aliphatic hydroxyl groups excluding tert-OH is 1. The Balaban J connectivity index is 0.000000263. The minimum absolute atomic E-state index is 0. The molecule has 4 aromatic rings.